The predicted octanol–water partition coefficient (Wildman–Crippen LogP) is 4.89. The van der Waals surface area contributed by atoms with E-state index in [-0.39, 0.29) is 11.6 Å². The van der Waals surface area contributed by atoms with Gasteiger partial charge in [-0.1, -0.05) is 12.2 Å². The van der Waals surface area contributed by atoms with Gasteiger partial charge in [0.2, 0.25) is 0 Å². The molecular weight excluding hydrogens is 418 g/mol. The summed E-state index contributed by atoms with van der Waals surface area (Å²) in [5, 5.41) is 15.9. The Balaban J connectivity index is 1.81. The Kier molecular flexibility index (Phi) is 7.85. The van der Waals surface area contributed by atoms with Gasteiger partial charge in [-0.25, -0.2) is 4.98 Å². The Morgan fingerprint density at radius 1 is 1.16 bits per heavy atom. The monoisotopic (exact) mass is 439 g/mol. The first-order valence-electron chi connectivity index (χ1n) is 9.45. The van der Waals surface area contributed by atoms with E-state index in [1.807, 2.05) is 18.2 Å². The summed E-state index contributed by atoms with van der Waals surface area (Å²) in [6.07, 6.45) is 5.98. The number of ether oxygens (including phenoxy) is 2. The molecule has 1 N–H and O–H groups in total. The molecule has 0 unspecified atom stereocenters. The summed E-state index contributed by atoms with van der Waals surface area (Å²) < 4.78 is 10.8. The van der Waals surface area contributed by atoms with Crippen LogP contribution in [-0.4, -0.2) is 36.1 Å². The number of nitro groups is 1. The molecule has 3 aromatic rings. The van der Waals surface area contributed by atoms with Gasteiger partial charge in [-0.05, 0) is 41.5 Å². The van der Waals surface area contributed by atoms with Crippen LogP contribution < -0.4 is 10.1 Å². The van der Waals surface area contributed by atoms with E-state index in [1.54, 1.807) is 43.0 Å². The summed E-state index contributed by atoms with van der Waals surface area (Å²) in [4.78, 5) is 27.1. The van der Waals surface area contributed by atoms with Crippen molar-refractivity contribution in [3.05, 3.63) is 80.8 Å². The quantitative estimate of drug-likeness (QED) is 0.209. The maximum absolute atomic E-state index is 12.7. The molecule has 0 bridgehead atoms. The normalized spacial score (nSPS) is 10.9. The second-order valence-electron chi connectivity index (χ2n) is 6.46. The zero-order chi connectivity index (χ0) is 22.1. The first-order valence-corrected chi connectivity index (χ1v) is 10.3. The van der Waals surface area contributed by atoms with Crippen LogP contribution in [0.15, 0.2) is 54.0 Å². The fraction of sp³-hybridized carbons (Fsp3) is 0.182. The smallest absolute Gasteiger partial charge is 0.269 e. The minimum atomic E-state index is -0.439. The van der Waals surface area contributed by atoms with Gasteiger partial charge < -0.3 is 9.47 Å². The van der Waals surface area contributed by atoms with Crippen LogP contribution in [0.25, 0.3) is 12.2 Å². The highest BCUT2D eigenvalue weighted by Crippen LogP contribution is 2.22. The van der Waals surface area contributed by atoms with Gasteiger partial charge in [0.25, 0.3) is 11.6 Å². The van der Waals surface area contributed by atoms with Crippen molar-refractivity contribution in [3.8, 4) is 5.75 Å². The number of hydrogen-bond donors (Lipinski definition) is 1. The molecule has 0 saturated heterocycles. The summed E-state index contributed by atoms with van der Waals surface area (Å²) in [5.41, 5.74) is 2.02. The topological polar surface area (TPSA) is 104 Å². The first kappa shape index (κ1) is 22.1. The van der Waals surface area contributed by atoms with Gasteiger partial charge in [0.05, 0.1) is 11.5 Å². The number of methoxy groups -OCH3 is 1. The second-order valence-corrected chi connectivity index (χ2v) is 7.35. The standard InChI is InChI=1S/C22H21N3O5S/c1-29-10-2-11-30-20-14-17(4-3-16-5-7-19(8-6-16)25(27)28)13-18(15-20)21(26)24-22-23-9-12-31-22/h3-9,12-15H,2,10-11H2,1H3,(H,23,24,26)/b4-3+. The molecule has 0 radical (unpaired) electrons. The van der Waals surface area contributed by atoms with E-state index in [9.17, 15) is 14.9 Å². The molecule has 0 fully saturated rings. The number of amides is 1. The van der Waals surface area contributed by atoms with Crippen molar-refractivity contribution < 1.29 is 19.2 Å². The third-order valence-electron chi connectivity index (χ3n) is 4.18. The van der Waals surface area contributed by atoms with E-state index >= 15 is 0 Å². The highest BCUT2D eigenvalue weighted by Gasteiger charge is 2.11. The maximum Gasteiger partial charge on any atom is 0.269 e. The molecule has 0 aliphatic rings. The number of non-ortho nitro benzene ring substituents is 1. The van der Waals surface area contributed by atoms with Crippen LogP contribution in [0.1, 0.15) is 27.9 Å². The van der Waals surface area contributed by atoms with E-state index < -0.39 is 4.92 Å². The molecule has 3 rings (SSSR count). The summed E-state index contributed by atoms with van der Waals surface area (Å²) in [6.45, 7) is 1.04. The SMILES string of the molecule is COCCCOc1cc(/C=C/c2ccc([N+](=O)[O-])cc2)cc(C(=O)Nc2nccs2)c1. The Labute approximate surface area is 183 Å². The maximum atomic E-state index is 12.7. The number of nitrogens with zero attached hydrogens (tertiary/aromatic N) is 2. The van der Waals surface area contributed by atoms with Gasteiger partial charge in [0.1, 0.15) is 5.75 Å². The third kappa shape index (κ3) is 6.73. The average Bonchev–Trinajstić information content (AvgIpc) is 3.28. The van der Waals surface area contributed by atoms with Crippen molar-refractivity contribution in [1.82, 2.24) is 4.98 Å². The molecule has 0 saturated carbocycles. The summed E-state index contributed by atoms with van der Waals surface area (Å²) in [6, 6.07) is 11.5. The molecule has 0 atom stereocenters. The van der Waals surface area contributed by atoms with Crippen LogP contribution in [0.4, 0.5) is 10.8 Å². The molecule has 0 aliphatic carbocycles. The molecule has 9 heteroatoms. The van der Waals surface area contributed by atoms with E-state index in [2.05, 4.69) is 10.3 Å². The molecular formula is C22H21N3O5S. The van der Waals surface area contributed by atoms with Crippen molar-refractivity contribution in [2.75, 3.05) is 25.6 Å². The largest absolute Gasteiger partial charge is 0.493 e. The molecule has 2 aromatic carbocycles. The average molecular weight is 439 g/mol. The number of benzene rings is 2. The number of carbonyl (C=O) groups excluding carboxylic acids is 1. The molecule has 0 spiro atoms. The summed E-state index contributed by atoms with van der Waals surface area (Å²) in [7, 11) is 1.63. The molecule has 8 nitrogen and oxygen atoms in total. The second kappa shape index (κ2) is 11.0. The lowest BCUT2D eigenvalue weighted by Gasteiger charge is -2.10. The van der Waals surface area contributed by atoms with Crippen LogP contribution in [0.5, 0.6) is 5.75 Å². The summed E-state index contributed by atoms with van der Waals surface area (Å²) in [5.74, 6) is 0.272. The Hall–Kier alpha value is -3.56. The van der Waals surface area contributed by atoms with E-state index in [1.165, 1.54) is 23.5 Å². The van der Waals surface area contributed by atoms with Crippen molar-refractivity contribution in [1.29, 1.82) is 0 Å². The lowest BCUT2D eigenvalue weighted by atomic mass is 10.1. The minimum absolute atomic E-state index is 0.0322. The van der Waals surface area contributed by atoms with Crippen LogP contribution in [-0.2, 0) is 4.74 Å². The number of aromatic nitrogens is 1. The zero-order valence-corrected chi connectivity index (χ0v) is 17.6. The van der Waals surface area contributed by atoms with Crippen molar-refractivity contribution in [2.24, 2.45) is 0 Å². The van der Waals surface area contributed by atoms with Crippen LogP contribution in [0.2, 0.25) is 0 Å². The summed E-state index contributed by atoms with van der Waals surface area (Å²) >= 11 is 1.33. The highest BCUT2D eigenvalue weighted by molar-refractivity contribution is 7.13. The number of thiazole rings is 1. The highest BCUT2D eigenvalue weighted by atomic mass is 32.1. The van der Waals surface area contributed by atoms with E-state index in [0.717, 1.165) is 17.5 Å². The number of rotatable bonds is 10. The van der Waals surface area contributed by atoms with E-state index in [4.69, 9.17) is 9.47 Å². The van der Waals surface area contributed by atoms with Gasteiger partial charge in [0.15, 0.2) is 5.13 Å². The van der Waals surface area contributed by atoms with Crippen LogP contribution >= 0.6 is 11.3 Å². The molecule has 1 heterocycles. The lowest BCUT2D eigenvalue weighted by molar-refractivity contribution is -0.384. The fourth-order valence-corrected chi connectivity index (χ4v) is 3.20. The third-order valence-corrected chi connectivity index (χ3v) is 4.87. The number of anilines is 1. The number of nitro benzene ring substituents is 1. The number of hydrogen-bond acceptors (Lipinski definition) is 7. The predicted molar refractivity (Wildman–Crippen MR) is 121 cm³/mol. The van der Waals surface area contributed by atoms with Gasteiger partial charge >= 0.3 is 0 Å². The van der Waals surface area contributed by atoms with Crippen LogP contribution in [0, 0.1) is 10.1 Å². The Morgan fingerprint density at radius 2 is 1.94 bits per heavy atom. The van der Waals surface area contributed by atoms with Gasteiger partial charge in [-0.15, -0.1) is 11.3 Å². The van der Waals surface area contributed by atoms with Gasteiger partial charge in [-0.3, -0.25) is 20.2 Å². The van der Waals surface area contributed by atoms with E-state index in [0.29, 0.717) is 29.7 Å². The Morgan fingerprint density at radius 3 is 2.61 bits per heavy atom. The molecule has 1 aromatic heterocycles. The van der Waals surface area contributed by atoms with Crippen molar-refractivity contribution >= 4 is 40.2 Å². The fourth-order valence-electron chi connectivity index (χ4n) is 2.68. The van der Waals surface area contributed by atoms with Gasteiger partial charge in [0, 0.05) is 49.4 Å². The molecule has 0 aliphatic heterocycles. The first-order chi connectivity index (χ1) is 15.0. The Bertz CT molecular complexity index is 1050. The van der Waals surface area contributed by atoms with Crippen molar-refractivity contribution in [3.63, 3.8) is 0 Å². The lowest BCUT2D eigenvalue weighted by Crippen LogP contribution is -2.12. The molecule has 160 valence electrons. The minimum Gasteiger partial charge on any atom is -0.493 e. The zero-order valence-electron chi connectivity index (χ0n) is 16.8. The molecule has 31 heavy (non-hydrogen) atoms. The number of carbonyl (C=O) groups is 1. The number of nitrogens with one attached hydrogen (secondary N) is 1. The van der Waals surface area contributed by atoms with Crippen molar-refractivity contribution in [2.45, 2.75) is 6.42 Å². The van der Waals surface area contributed by atoms with Crippen LogP contribution in [0.3, 0.4) is 0 Å². The van der Waals surface area contributed by atoms with Gasteiger partial charge in [-0.2, -0.15) is 0 Å². The molecule has 1 amide bonds.